The Kier molecular flexibility index (Phi) is 10.2. The Labute approximate surface area is 219 Å². The van der Waals surface area contributed by atoms with Crippen molar-refractivity contribution in [2.45, 2.75) is 52.8 Å². The number of aryl methyl sites for hydroxylation is 1. The summed E-state index contributed by atoms with van der Waals surface area (Å²) >= 11 is 0. The van der Waals surface area contributed by atoms with Gasteiger partial charge in [0.25, 0.3) is 5.91 Å². The number of imidazole rings is 1. The number of nitrogens with zero attached hydrogens (tertiary/aromatic N) is 4. The number of ether oxygens (including phenoxy) is 1. The molecule has 37 heavy (non-hydrogen) atoms. The van der Waals surface area contributed by atoms with Gasteiger partial charge in [0.1, 0.15) is 11.6 Å². The number of amides is 1. The van der Waals surface area contributed by atoms with Crippen molar-refractivity contribution in [1.82, 2.24) is 19.4 Å². The van der Waals surface area contributed by atoms with Gasteiger partial charge in [0.2, 0.25) is 0 Å². The summed E-state index contributed by atoms with van der Waals surface area (Å²) in [6.07, 6.45) is 1.89. The van der Waals surface area contributed by atoms with Crippen LogP contribution < -0.4 is 0 Å². The second-order valence-electron chi connectivity index (χ2n) is 8.62. The van der Waals surface area contributed by atoms with Gasteiger partial charge in [-0.05, 0) is 36.8 Å². The summed E-state index contributed by atoms with van der Waals surface area (Å²) < 4.78 is 13.4. The predicted molar refractivity (Wildman–Crippen MR) is 145 cm³/mol. The molecule has 1 atom stereocenters. The molecule has 2 fully saturated rings. The molecule has 10 heteroatoms. The van der Waals surface area contributed by atoms with E-state index in [1.54, 1.807) is 24.3 Å². The van der Waals surface area contributed by atoms with Crippen molar-refractivity contribution in [3.8, 4) is 0 Å². The third-order valence-corrected chi connectivity index (χ3v) is 6.50. The van der Waals surface area contributed by atoms with Crippen molar-refractivity contribution in [1.29, 1.82) is 0 Å². The third kappa shape index (κ3) is 6.56. The van der Waals surface area contributed by atoms with Crippen molar-refractivity contribution in [3.05, 3.63) is 53.2 Å². The zero-order valence-electron chi connectivity index (χ0n) is 22.0. The van der Waals surface area contributed by atoms with Crippen LogP contribution in [0.1, 0.15) is 59.7 Å². The van der Waals surface area contributed by atoms with Gasteiger partial charge in [-0.1, -0.05) is 20.8 Å². The molecule has 1 amide bonds. The molecule has 0 saturated carbocycles. The first-order chi connectivity index (χ1) is 18.0. The van der Waals surface area contributed by atoms with E-state index in [-0.39, 0.29) is 17.6 Å². The van der Waals surface area contributed by atoms with Gasteiger partial charge in [0.05, 0.1) is 35.8 Å². The van der Waals surface area contributed by atoms with Gasteiger partial charge in [-0.25, -0.2) is 9.78 Å². The normalized spacial score (nSPS) is 17.2. The number of carbonyl (C=O) groups excluding carboxylic acids is 1. The monoisotopic (exact) mass is 507 g/mol. The fourth-order valence-electron chi connectivity index (χ4n) is 4.41. The molecule has 2 saturated heterocycles. The Hall–Kier alpha value is -3.24. The summed E-state index contributed by atoms with van der Waals surface area (Å²) in [6, 6.07) is 8.66. The molecule has 0 bridgehead atoms. The van der Waals surface area contributed by atoms with E-state index in [0.717, 1.165) is 55.2 Å². The zero-order valence-corrected chi connectivity index (χ0v) is 22.0. The number of aromatic carboxylic acids is 1. The van der Waals surface area contributed by atoms with E-state index < -0.39 is 5.97 Å². The number of carboxylic acids is 1. The molecule has 197 valence electrons. The first-order valence-corrected chi connectivity index (χ1v) is 12.9. The predicted octanol–water partition coefficient (Wildman–Crippen LogP) is 3.25. The van der Waals surface area contributed by atoms with E-state index in [0.29, 0.717) is 31.9 Å². The first-order valence-electron chi connectivity index (χ1n) is 12.9. The standard InChI is InChI=1S/C24H28N4O5.C2H6.CH2B/c1-2-17-4-6-21(33-17)23(29)27-10-8-26(9-11-27)15-22-25-19-5-3-16(24(30)31)13-20(19)28(22)14-18-7-12-32-18;2*1-2/h3-6,13,18H,2,7-12,14-15H2,1H3,(H,30,31);1-2H3;1H2. The van der Waals surface area contributed by atoms with Gasteiger partial charge in [0.15, 0.2) is 5.76 Å². The second-order valence-corrected chi connectivity index (χ2v) is 8.62. The van der Waals surface area contributed by atoms with Crippen LogP contribution >= 0.6 is 0 Å². The molecule has 1 unspecified atom stereocenters. The van der Waals surface area contributed by atoms with E-state index in [4.69, 9.17) is 14.1 Å². The summed E-state index contributed by atoms with van der Waals surface area (Å²) in [7, 11) is 4.25. The second kappa shape index (κ2) is 13.3. The van der Waals surface area contributed by atoms with Crippen molar-refractivity contribution in [2.24, 2.45) is 0 Å². The van der Waals surface area contributed by atoms with Crippen LogP contribution in [0.4, 0.5) is 0 Å². The summed E-state index contributed by atoms with van der Waals surface area (Å²) in [6.45, 7) is 13.5. The number of carboxylic acid groups (broad SMARTS) is 1. The van der Waals surface area contributed by atoms with Crippen molar-refractivity contribution >= 4 is 36.9 Å². The number of furan rings is 1. The molecule has 1 aromatic carbocycles. The van der Waals surface area contributed by atoms with Crippen molar-refractivity contribution < 1.29 is 23.8 Å². The van der Waals surface area contributed by atoms with Gasteiger partial charge < -0.3 is 23.7 Å². The van der Waals surface area contributed by atoms with Crippen LogP contribution in [0, 0.1) is 0 Å². The van der Waals surface area contributed by atoms with Gasteiger partial charge in [0, 0.05) is 39.2 Å². The SMILES string of the molecule is CC.CCc1ccc(C(=O)N2CCN(Cc3nc4ccc(C(=O)O)cc4n3CC3CCO3)CC2)o1.[B]=C. The molecule has 5 rings (SSSR count). The Bertz CT molecular complexity index is 1190. The summed E-state index contributed by atoms with van der Waals surface area (Å²) in [4.78, 5) is 33.1. The first kappa shape index (κ1) is 28.3. The zero-order chi connectivity index (χ0) is 26.9. The molecular weight excluding hydrogens is 471 g/mol. The fraction of sp³-hybridized carbons (Fsp3) is 0.481. The molecular formula is C27H36BN4O5. The Morgan fingerprint density at radius 2 is 1.84 bits per heavy atom. The number of rotatable bonds is 7. The van der Waals surface area contributed by atoms with Gasteiger partial charge in [-0.3, -0.25) is 9.69 Å². The maximum atomic E-state index is 12.7. The van der Waals surface area contributed by atoms with Crippen molar-refractivity contribution in [3.63, 3.8) is 0 Å². The van der Waals surface area contributed by atoms with Crippen LogP contribution in [0.3, 0.4) is 0 Å². The Morgan fingerprint density at radius 3 is 2.41 bits per heavy atom. The molecule has 0 spiro atoms. The molecule has 3 aromatic rings. The van der Waals surface area contributed by atoms with Crippen LogP contribution in [-0.2, 0) is 24.2 Å². The van der Waals surface area contributed by atoms with Crippen LogP contribution in [0.2, 0.25) is 0 Å². The number of piperazine rings is 1. The number of fused-ring (bicyclic) bond motifs is 1. The van der Waals surface area contributed by atoms with E-state index >= 15 is 0 Å². The molecule has 1 N–H and O–H groups in total. The Balaban J connectivity index is 0.000000907. The minimum atomic E-state index is -0.950. The fourth-order valence-corrected chi connectivity index (χ4v) is 4.41. The molecule has 2 aromatic heterocycles. The molecule has 2 aliphatic rings. The van der Waals surface area contributed by atoms with Crippen LogP contribution in [0.15, 0.2) is 34.7 Å². The summed E-state index contributed by atoms with van der Waals surface area (Å²) in [5.74, 6) is 1.09. The Morgan fingerprint density at radius 1 is 1.14 bits per heavy atom. The topological polar surface area (TPSA) is 101 Å². The van der Waals surface area contributed by atoms with Crippen molar-refractivity contribution in [2.75, 3.05) is 32.8 Å². The molecule has 4 heterocycles. The molecule has 1 radical (unpaired) electrons. The van der Waals surface area contributed by atoms with Gasteiger partial charge in [-0.15, -0.1) is 0 Å². The van der Waals surface area contributed by atoms with Crippen LogP contribution in [0.25, 0.3) is 11.0 Å². The van der Waals surface area contributed by atoms with E-state index in [9.17, 15) is 14.7 Å². The average molecular weight is 507 g/mol. The van der Waals surface area contributed by atoms with Crippen LogP contribution in [0.5, 0.6) is 0 Å². The van der Waals surface area contributed by atoms with E-state index in [1.165, 1.54) is 0 Å². The molecule has 2 aliphatic heterocycles. The van der Waals surface area contributed by atoms with Gasteiger partial charge >= 0.3 is 19.9 Å². The number of carbonyl (C=O) groups is 2. The van der Waals surface area contributed by atoms with Gasteiger partial charge in [-0.2, -0.15) is 0 Å². The maximum absolute atomic E-state index is 12.7. The summed E-state index contributed by atoms with van der Waals surface area (Å²) in [5.41, 5.74) is 1.85. The third-order valence-electron chi connectivity index (χ3n) is 6.50. The average Bonchev–Trinajstić information content (AvgIpc) is 3.53. The number of benzene rings is 1. The molecule has 9 nitrogen and oxygen atoms in total. The number of hydrogen-bond acceptors (Lipinski definition) is 6. The van der Waals surface area contributed by atoms with Crippen LogP contribution in [-0.4, -0.2) is 89.2 Å². The quantitative estimate of drug-likeness (QED) is 0.490. The van der Waals surface area contributed by atoms with E-state index in [1.807, 2.05) is 31.7 Å². The molecule has 0 aliphatic carbocycles. The van der Waals surface area contributed by atoms with E-state index in [2.05, 4.69) is 23.4 Å². The summed E-state index contributed by atoms with van der Waals surface area (Å²) in [5, 5.41) is 9.41. The number of hydrogen-bond donors (Lipinski definition) is 1. The number of aromatic nitrogens is 2. The minimum absolute atomic E-state index is 0.0649.